The second-order valence-electron chi connectivity index (χ2n) is 7.62. The minimum absolute atomic E-state index is 0.0217. The molecule has 0 bridgehead atoms. The summed E-state index contributed by atoms with van der Waals surface area (Å²) in [7, 11) is 1.33. The second kappa shape index (κ2) is 9.85. The van der Waals surface area contributed by atoms with E-state index < -0.39 is 5.97 Å². The summed E-state index contributed by atoms with van der Waals surface area (Å²) in [6, 6.07) is 11.2. The largest absolute Gasteiger partial charge is 0.468 e. The molecule has 1 aromatic rings. The normalized spacial score (nSPS) is 22.3. The van der Waals surface area contributed by atoms with Crippen molar-refractivity contribution in [1.82, 2.24) is 15.1 Å². The Balaban J connectivity index is 1.43. The first-order valence-electron chi connectivity index (χ1n) is 10.0. The van der Waals surface area contributed by atoms with E-state index in [1.807, 2.05) is 0 Å². The van der Waals surface area contributed by atoms with Crippen LogP contribution in [-0.4, -0.2) is 67.6 Å². The number of nitrogens with zero attached hydrogens (tertiary/aromatic N) is 2. The number of carbonyl (C=O) groups is 2. The second-order valence-corrected chi connectivity index (χ2v) is 7.62. The molecule has 1 N–H and O–H groups in total. The summed E-state index contributed by atoms with van der Waals surface area (Å²) >= 11 is 0. The van der Waals surface area contributed by atoms with Crippen LogP contribution >= 0.6 is 0 Å². The van der Waals surface area contributed by atoms with E-state index in [0.29, 0.717) is 6.04 Å². The molecule has 1 amide bonds. The highest BCUT2D eigenvalue weighted by Crippen LogP contribution is 2.24. The Bertz CT molecular complexity index is 614. The van der Waals surface area contributed by atoms with Gasteiger partial charge in [-0.3, -0.25) is 19.4 Å². The van der Waals surface area contributed by atoms with Gasteiger partial charge in [0, 0.05) is 19.1 Å². The Kier molecular flexibility index (Phi) is 7.24. The summed E-state index contributed by atoms with van der Waals surface area (Å²) in [5.74, 6) is -0.445. The van der Waals surface area contributed by atoms with Crippen LogP contribution in [0.2, 0.25) is 0 Å². The van der Waals surface area contributed by atoms with Crippen LogP contribution in [0.4, 0.5) is 0 Å². The maximum Gasteiger partial charge on any atom is 0.325 e. The average molecular weight is 373 g/mol. The third-order valence-electron chi connectivity index (χ3n) is 5.78. The number of piperidine rings is 2. The number of rotatable bonds is 6. The lowest BCUT2D eigenvalue weighted by Gasteiger charge is -2.42. The third-order valence-corrected chi connectivity index (χ3v) is 5.78. The number of hydrogen-bond donors (Lipinski definition) is 1. The number of nitrogens with one attached hydrogen (secondary N) is 1. The van der Waals surface area contributed by atoms with E-state index in [2.05, 4.69) is 50.2 Å². The average Bonchev–Trinajstić information content (AvgIpc) is 2.73. The molecular weight excluding hydrogens is 342 g/mol. The third kappa shape index (κ3) is 5.78. The molecule has 6 nitrogen and oxygen atoms in total. The molecule has 0 spiro atoms. The van der Waals surface area contributed by atoms with E-state index in [1.54, 1.807) is 0 Å². The first-order valence-corrected chi connectivity index (χ1v) is 10.0. The smallest absolute Gasteiger partial charge is 0.325 e. The first kappa shape index (κ1) is 19.8. The zero-order valence-corrected chi connectivity index (χ0v) is 16.2. The number of benzene rings is 1. The topological polar surface area (TPSA) is 61.9 Å². The van der Waals surface area contributed by atoms with Crippen molar-refractivity contribution in [2.24, 2.45) is 5.92 Å². The predicted octanol–water partition coefficient (Wildman–Crippen LogP) is 1.65. The van der Waals surface area contributed by atoms with Crippen molar-refractivity contribution < 1.29 is 14.3 Å². The molecule has 0 aliphatic carbocycles. The molecule has 2 saturated heterocycles. The minimum Gasteiger partial charge on any atom is -0.468 e. The van der Waals surface area contributed by atoms with Crippen LogP contribution < -0.4 is 5.32 Å². The quantitative estimate of drug-likeness (QED) is 0.769. The van der Waals surface area contributed by atoms with Crippen LogP contribution in [0, 0.1) is 5.92 Å². The molecule has 0 saturated carbocycles. The van der Waals surface area contributed by atoms with Gasteiger partial charge in [0.25, 0.3) is 0 Å². The summed E-state index contributed by atoms with van der Waals surface area (Å²) in [5, 5.41) is 2.71. The SMILES string of the molecule is COC(=O)CNC(=O)[C@@H]1CCCN(C2CCN(Cc3ccccc3)CC2)C1. The zero-order chi connectivity index (χ0) is 19.1. The molecule has 2 fully saturated rings. The fourth-order valence-electron chi connectivity index (χ4n) is 4.21. The van der Waals surface area contributed by atoms with Gasteiger partial charge in [-0.05, 0) is 50.9 Å². The van der Waals surface area contributed by atoms with E-state index in [9.17, 15) is 9.59 Å². The van der Waals surface area contributed by atoms with Crippen LogP contribution in [0.3, 0.4) is 0 Å². The monoisotopic (exact) mass is 373 g/mol. The van der Waals surface area contributed by atoms with Crippen LogP contribution in [0.1, 0.15) is 31.2 Å². The van der Waals surface area contributed by atoms with Crippen molar-refractivity contribution in [2.75, 3.05) is 39.8 Å². The highest BCUT2D eigenvalue weighted by Gasteiger charge is 2.31. The van der Waals surface area contributed by atoms with Gasteiger partial charge < -0.3 is 10.1 Å². The number of esters is 1. The molecule has 1 aromatic carbocycles. The molecule has 6 heteroatoms. The molecule has 0 radical (unpaired) electrons. The highest BCUT2D eigenvalue weighted by atomic mass is 16.5. The number of hydrogen-bond acceptors (Lipinski definition) is 5. The van der Waals surface area contributed by atoms with Crippen LogP contribution in [0.25, 0.3) is 0 Å². The first-order chi connectivity index (χ1) is 13.2. The van der Waals surface area contributed by atoms with Gasteiger partial charge in [-0.1, -0.05) is 30.3 Å². The molecular formula is C21H31N3O3. The Morgan fingerprint density at radius 2 is 1.85 bits per heavy atom. The van der Waals surface area contributed by atoms with Gasteiger partial charge in [-0.15, -0.1) is 0 Å². The van der Waals surface area contributed by atoms with Gasteiger partial charge >= 0.3 is 5.97 Å². The van der Waals surface area contributed by atoms with Gasteiger partial charge in [0.15, 0.2) is 0 Å². The van der Waals surface area contributed by atoms with Crippen molar-refractivity contribution in [3.8, 4) is 0 Å². The van der Waals surface area contributed by atoms with Gasteiger partial charge in [0.05, 0.1) is 13.0 Å². The summed E-state index contributed by atoms with van der Waals surface area (Å²) in [6.45, 7) is 5.07. The lowest BCUT2D eigenvalue weighted by Crippen LogP contribution is -2.51. The molecule has 27 heavy (non-hydrogen) atoms. The maximum absolute atomic E-state index is 12.3. The van der Waals surface area contributed by atoms with Crippen LogP contribution in [0.5, 0.6) is 0 Å². The van der Waals surface area contributed by atoms with Gasteiger partial charge in [0.2, 0.25) is 5.91 Å². The summed E-state index contributed by atoms with van der Waals surface area (Å²) < 4.78 is 4.59. The molecule has 2 heterocycles. The van der Waals surface area contributed by atoms with Gasteiger partial charge in [0.1, 0.15) is 6.54 Å². The highest BCUT2D eigenvalue weighted by molar-refractivity contribution is 5.83. The van der Waals surface area contributed by atoms with Crippen molar-refractivity contribution in [2.45, 2.75) is 38.3 Å². The standard InChI is InChI=1S/C21H31N3O3/c1-27-20(25)14-22-21(26)18-8-5-11-24(16-18)19-9-12-23(13-10-19)15-17-6-3-2-4-7-17/h2-4,6-7,18-19H,5,8-16H2,1H3,(H,22,26)/t18-/m1/s1. The summed E-state index contributed by atoms with van der Waals surface area (Å²) in [6.07, 6.45) is 4.25. The van der Waals surface area contributed by atoms with Gasteiger partial charge in [-0.25, -0.2) is 0 Å². The van der Waals surface area contributed by atoms with E-state index in [1.165, 1.54) is 12.7 Å². The fourth-order valence-corrected chi connectivity index (χ4v) is 4.21. The number of amides is 1. The van der Waals surface area contributed by atoms with Gasteiger partial charge in [-0.2, -0.15) is 0 Å². The molecule has 2 aliphatic rings. The number of likely N-dealkylation sites (tertiary alicyclic amines) is 2. The number of methoxy groups -OCH3 is 1. The lowest BCUT2D eigenvalue weighted by molar-refractivity contribution is -0.142. The molecule has 3 rings (SSSR count). The lowest BCUT2D eigenvalue weighted by atomic mass is 9.93. The number of carbonyl (C=O) groups excluding carboxylic acids is 2. The minimum atomic E-state index is -0.401. The van der Waals surface area contributed by atoms with E-state index >= 15 is 0 Å². The molecule has 2 aliphatic heterocycles. The van der Waals surface area contributed by atoms with Crippen molar-refractivity contribution in [3.63, 3.8) is 0 Å². The van der Waals surface area contributed by atoms with E-state index in [0.717, 1.165) is 58.4 Å². The predicted molar refractivity (Wildman–Crippen MR) is 104 cm³/mol. The summed E-state index contributed by atoms with van der Waals surface area (Å²) in [5.41, 5.74) is 1.37. The van der Waals surface area contributed by atoms with Crippen LogP contribution in [0.15, 0.2) is 30.3 Å². The van der Waals surface area contributed by atoms with E-state index in [-0.39, 0.29) is 18.4 Å². The molecule has 0 aromatic heterocycles. The molecule has 1 atom stereocenters. The number of ether oxygens (including phenoxy) is 1. The van der Waals surface area contributed by atoms with Crippen LogP contribution in [-0.2, 0) is 20.9 Å². The Hall–Kier alpha value is -1.92. The fraction of sp³-hybridized carbons (Fsp3) is 0.619. The van der Waals surface area contributed by atoms with Crippen molar-refractivity contribution >= 4 is 11.9 Å². The Labute approximate surface area is 161 Å². The zero-order valence-electron chi connectivity index (χ0n) is 16.2. The summed E-state index contributed by atoms with van der Waals surface area (Å²) in [4.78, 5) is 28.6. The maximum atomic E-state index is 12.3. The molecule has 0 unspecified atom stereocenters. The van der Waals surface area contributed by atoms with Crippen molar-refractivity contribution in [3.05, 3.63) is 35.9 Å². The Morgan fingerprint density at radius 3 is 2.56 bits per heavy atom. The Morgan fingerprint density at radius 1 is 1.11 bits per heavy atom. The van der Waals surface area contributed by atoms with Crippen molar-refractivity contribution in [1.29, 1.82) is 0 Å². The molecule has 148 valence electrons. The van der Waals surface area contributed by atoms with E-state index in [4.69, 9.17) is 0 Å².